The molecule has 106 valence electrons. The van der Waals surface area contributed by atoms with Gasteiger partial charge in [0.25, 0.3) is 0 Å². The fourth-order valence-electron chi connectivity index (χ4n) is 2.15. The van der Waals surface area contributed by atoms with Crippen molar-refractivity contribution in [2.24, 2.45) is 5.92 Å². The van der Waals surface area contributed by atoms with E-state index in [0.29, 0.717) is 18.5 Å². The molecule has 2 heterocycles. The Labute approximate surface area is 113 Å². The van der Waals surface area contributed by atoms with Crippen LogP contribution in [0.2, 0.25) is 0 Å². The molecule has 1 aliphatic heterocycles. The Morgan fingerprint density at radius 2 is 2.26 bits per heavy atom. The third kappa shape index (κ3) is 3.92. The van der Waals surface area contributed by atoms with Crippen molar-refractivity contribution in [3.8, 4) is 6.01 Å². The Morgan fingerprint density at radius 3 is 2.95 bits per heavy atom. The van der Waals surface area contributed by atoms with Gasteiger partial charge in [-0.05, 0) is 25.7 Å². The van der Waals surface area contributed by atoms with E-state index < -0.39 is 0 Å². The van der Waals surface area contributed by atoms with E-state index in [9.17, 15) is 0 Å². The Hall–Kier alpha value is -1.63. The van der Waals surface area contributed by atoms with Gasteiger partial charge in [0.2, 0.25) is 11.9 Å². The number of anilines is 2. The molecule has 0 radical (unpaired) electrons. The number of rotatable bonds is 5. The summed E-state index contributed by atoms with van der Waals surface area (Å²) in [6.45, 7) is 4.89. The highest BCUT2D eigenvalue weighted by molar-refractivity contribution is 5.35. The van der Waals surface area contributed by atoms with Crippen LogP contribution in [0.3, 0.4) is 0 Å². The Kier molecular flexibility index (Phi) is 4.73. The molecule has 2 N–H and O–H groups in total. The zero-order chi connectivity index (χ0) is 13.7. The monoisotopic (exact) mass is 267 g/mol. The fraction of sp³-hybridized carbons (Fsp3) is 0.750. The summed E-state index contributed by atoms with van der Waals surface area (Å²) in [7, 11) is 1.94. The molecule has 1 aliphatic rings. The quantitative estimate of drug-likeness (QED) is 0.840. The normalized spacial score (nSPS) is 19.2. The molecular formula is C12H21N5O2. The van der Waals surface area contributed by atoms with E-state index in [-0.39, 0.29) is 12.0 Å². The number of nitrogens with two attached hydrogens (primary N) is 1. The minimum atomic E-state index is 0.181. The van der Waals surface area contributed by atoms with E-state index in [0.717, 1.165) is 26.2 Å². The minimum absolute atomic E-state index is 0.181. The van der Waals surface area contributed by atoms with Crippen molar-refractivity contribution in [3.63, 3.8) is 0 Å². The van der Waals surface area contributed by atoms with Crippen molar-refractivity contribution in [1.29, 1.82) is 0 Å². The lowest BCUT2D eigenvalue weighted by molar-refractivity contribution is 0.0575. The van der Waals surface area contributed by atoms with Gasteiger partial charge < -0.3 is 20.1 Å². The lowest BCUT2D eigenvalue weighted by atomic mass is 10.0. The van der Waals surface area contributed by atoms with Gasteiger partial charge in [-0.3, -0.25) is 0 Å². The summed E-state index contributed by atoms with van der Waals surface area (Å²) in [4.78, 5) is 14.3. The maximum absolute atomic E-state index is 5.67. The molecule has 1 unspecified atom stereocenters. The van der Waals surface area contributed by atoms with Gasteiger partial charge in [0.15, 0.2) is 0 Å². The van der Waals surface area contributed by atoms with Crippen LogP contribution in [0.25, 0.3) is 0 Å². The van der Waals surface area contributed by atoms with E-state index in [4.69, 9.17) is 15.2 Å². The van der Waals surface area contributed by atoms with E-state index in [1.54, 1.807) is 0 Å². The van der Waals surface area contributed by atoms with Crippen LogP contribution >= 0.6 is 0 Å². The Balaban J connectivity index is 2.02. The molecule has 0 spiro atoms. The smallest absolute Gasteiger partial charge is 0.323 e. The Morgan fingerprint density at radius 1 is 1.42 bits per heavy atom. The predicted octanol–water partition coefficient (Wildman–Crippen LogP) is 0.715. The summed E-state index contributed by atoms with van der Waals surface area (Å²) in [5, 5.41) is 0. The van der Waals surface area contributed by atoms with Crippen LogP contribution in [0.15, 0.2) is 0 Å². The highest BCUT2D eigenvalue weighted by Gasteiger charge is 2.18. The molecule has 2 rings (SSSR count). The predicted molar refractivity (Wildman–Crippen MR) is 72.2 cm³/mol. The minimum Gasteiger partial charge on any atom is -0.464 e. The van der Waals surface area contributed by atoms with Crippen LogP contribution in [0.4, 0.5) is 11.9 Å². The SMILES string of the molecule is CCOc1nc(N)nc(N(C)CC2CCCOC2)n1. The highest BCUT2D eigenvalue weighted by atomic mass is 16.5. The fourth-order valence-corrected chi connectivity index (χ4v) is 2.15. The van der Waals surface area contributed by atoms with E-state index in [1.807, 2.05) is 18.9 Å². The van der Waals surface area contributed by atoms with Crippen LogP contribution in [0, 0.1) is 5.92 Å². The molecule has 7 nitrogen and oxygen atoms in total. The maximum Gasteiger partial charge on any atom is 0.323 e. The molecule has 1 aromatic heterocycles. The molecule has 0 aromatic carbocycles. The first-order valence-corrected chi connectivity index (χ1v) is 6.62. The zero-order valence-corrected chi connectivity index (χ0v) is 11.5. The summed E-state index contributed by atoms with van der Waals surface area (Å²) in [5.41, 5.74) is 5.67. The first-order chi connectivity index (χ1) is 9.19. The van der Waals surface area contributed by atoms with Crippen molar-refractivity contribution in [1.82, 2.24) is 15.0 Å². The summed E-state index contributed by atoms with van der Waals surface area (Å²) in [6, 6.07) is 0.275. The molecule has 0 bridgehead atoms. The second-order valence-electron chi connectivity index (χ2n) is 4.67. The second-order valence-corrected chi connectivity index (χ2v) is 4.67. The van der Waals surface area contributed by atoms with Gasteiger partial charge in [0.05, 0.1) is 13.2 Å². The summed E-state index contributed by atoms with van der Waals surface area (Å²) in [5.74, 6) is 1.23. The molecular weight excluding hydrogens is 246 g/mol. The molecule has 1 aromatic rings. The molecule has 19 heavy (non-hydrogen) atoms. The zero-order valence-electron chi connectivity index (χ0n) is 11.5. The average Bonchev–Trinajstić information content (AvgIpc) is 2.39. The lowest BCUT2D eigenvalue weighted by Gasteiger charge is -2.27. The third-order valence-electron chi connectivity index (χ3n) is 3.02. The number of aromatic nitrogens is 3. The van der Waals surface area contributed by atoms with E-state index >= 15 is 0 Å². The lowest BCUT2D eigenvalue weighted by Crippen LogP contribution is -2.32. The number of hydrogen-bond donors (Lipinski definition) is 1. The summed E-state index contributed by atoms with van der Waals surface area (Å²) < 4.78 is 10.7. The van der Waals surface area contributed by atoms with Gasteiger partial charge in [-0.15, -0.1) is 0 Å². The molecule has 1 fully saturated rings. The molecule has 1 atom stereocenters. The van der Waals surface area contributed by atoms with E-state index in [1.165, 1.54) is 6.42 Å². The summed E-state index contributed by atoms with van der Waals surface area (Å²) in [6.07, 6.45) is 2.28. The third-order valence-corrected chi connectivity index (χ3v) is 3.02. The number of hydrogen-bond acceptors (Lipinski definition) is 7. The van der Waals surface area contributed by atoms with Gasteiger partial charge >= 0.3 is 6.01 Å². The molecule has 0 aliphatic carbocycles. The topological polar surface area (TPSA) is 86.4 Å². The van der Waals surface area contributed by atoms with Crippen molar-refractivity contribution in [3.05, 3.63) is 0 Å². The Bertz CT molecular complexity index is 409. The highest BCUT2D eigenvalue weighted by Crippen LogP contribution is 2.18. The summed E-state index contributed by atoms with van der Waals surface area (Å²) >= 11 is 0. The molecule has 0 amide bonds. The van der Waals surface area contributed by atoms with Gasteiger partial charge in [-0.25, -0.2) is 0 Å². The van der Waals surface area contributed by atoms with Gasteiger partial charge in [-0.1, -0.05) is 0 Å². The largest absolute Gasteiger partial charge is 0.464 e. The van der Waals surface area contributed by atoms with Crippen LogP contribution in [-0.4, -0.2) is 48.4 Å². The molecule has 7 heteroatoms. The van der Waals surface area contributed by atoms with Crippen LogP contribution in [0.5, 0.6) is 6.01 Å². The average molecular weight is 267 g/mol. The van der Waals surface area contributed by atoms with Crippen LogP contribution < -0.4 is 15.4 Å². The van der Waals surface area contributed by atoms with Crippen molar-refractivity contribution >= 4 is 11.9 Å². The second kappa shape index (κ2) is 6.51. The molecule has 0 saturated carbocycles. The van der Waals surface area contributed by atoms with Crippen LogP contribution in [0.1, 0.15) is 19.8 Å². The standard InChI is InChI=1S/C12H21N5O2/c1-3-19-12-15-10(13)14-11(16-12)17(2)7-9-5-4-6-18-8-9/h9H,3-8H2,1-2H3,(H2,13,14,15,16). The first-order valence-electron chi connectivity index (χ1n) is 6.62. The van der Waals surface area contributed by atoms with Crippen molar-refractivity contribution in [2.45, 2.75) is 19.8 Å². The van der Waals surface area contributed by atoms with Crippen molar-refractivity contribution in [2.75, 3.05) is 44.0 Å². The number of ether oxygens (including phenoxy) is 2. The van der Waals surface area contributed by atoms with Crippen LogP contribution in [-0.2, 0) is 4.74 Å². The number of nitrogens with zero attached hydrogens (tertiary/aromatic N) is 4. The first kappa shape index (κ1) is 13.8. The number of nitrogen functional groups attached to an aromatic ring is 1. The van der Waals surface area contributed by atoms with Gasteiger partial charge in [-0.2, -0.15) is 15.0 Å². The van der Waals surface area contributed by atoms with E-state index in [2.05, 4.69) is 15.0 Å². The van der Waals surface area contributed by atoms with Gasteiger partial charge in [0.1, 0.15) is 0 Å². The van der Waals surface area contributed by atoms with Gasteiger partial charge in [0, 0.05) is 20.2 Å². The molecule has 1 saturated heterocycles. The maximum atomic E-state index is 5.67. The van der Waals surface area contributed by atoms with Crippen molar-refractivity contribution < 1.29 is 9.47 Å².